The predicted molar refractivity (Wildman–Crippen MR) is 118 cm³/mol. The SMILES string of the molecule is CC(C)(C)c1cc(/C=C2\SCN(N3CCCCC3)C2=O)cc(C(C)(C)C)c1O. The van der Waals surface area contributed by atoms with Crippen LogP contribution < -0.4 is 0 Å². The lowest BCUT2D eigenvalue weighted by atomic mass is 9.78. The Hall–Kier alpha value is -1.46. The van der Waals surface area contributed by atoms with E-state index in [0.29, 0.717) is 11.6 Å². The van der Waals surface area contributed by atoms with Gasteiger partial charge in [-0.2, -0.15) is 0 Å². The van der Waals surface area contributed by atoms with Crippen molar-refractivity contribution < 1.29 is 9.90 Å². The average molecular weight is 403 g/mol. The summed E-state index contributed by atoms with van der Waals surface area (Å²) in [5.41, 5.74) is 2.49. The second kappa shape index (κ2) is 7.75. The lowest BCUT2D eigenvalue weighted by Gasteiger charge is -2.33. The summed E-state index contributed by atoms with van der Waals surface area (Å²) in [4.78, 5) is 13.8. The molecule has 0 bridgehead atoms. The molecule has 0 spiro atoms. The molecule has 2 aliphatic heterocycles. The van der Waals surface area contributed by atoms with Gasteiger partial charge in [0.2, 0.25) is 0 Å². The Balaban J connectivity index is 1.96. The second-order valence-electron chi connectivity index (χ2n) is 9.97. The van der Waals surface area contributed by atoms with E-state index < -0.39 is 0 Å². The minimum Gasteiger partial charge on any atom is -0.507 e. The number of phenolic OH excluding ortho intramolecular Hbond substituents is 1. The van der Waals surface area contributed by atoms with Crippen molar-refractivity contribution in [1.29, 1.82) is 0 Å². The van der Waals surface area contributed by atoms with Crippen LogP contribution in [0.15, 0.2) is 17.0 Å². The molecule has 3 rings (SSSR count). The van der Waals surface area contributed by atoms with Gasteiger partial charge in [0.1, 0.15) is 5.75 Å². The number of hydrogen-bond acceptors (Lipinski definition) is 4. The van der Waals surface area contributed by atoms with E-state index in [1.54, 1.807) is 11.8 Å². The summed E-state index contributed by atoms with van der Waals surface area (Å²) in [5.74, 6) is 1.18. The summed E-state index contributed by atoms with van der Waals surface area (Å²) in [5, 5.41) is 15.0. The minimum absolute atomic E-state index is 0.106. The van der Waals surface area contributed by atoms with Gasteiger partial charge in [0, 0.05) is 24.2 Å². The van der Waals surface area contributed by atoms with Crippen LogP contribution in [0.25, 0.3) is 6.08 Å². The summed E-state index contributed by atoms with van der Waals surface area (Å²) >= 11 is 1.61. The van der Waals surface area contributed by atoms with Crippen molar-refractivity contribution in [3.8, 4) is 5.75 Å². The van der Waals surface area contributed by atoms with Crippen LogP contribution in [0.2, 0.25) is 0 Å². The number of piperidine rings is 1. The number of carbonyl (C=O) groups excluding carboxylic acids is 1. The monoisotopic (exact) mass is 402 g/mol. The minimum atomic E-state index is -0.175. The Morgan fingerprint density at radius 3 is 2.00 bits per heavy atom. The Morgan fingerprint density at radius 2 is 1.50 bits per heavy atom. The first-order valence-electron chi connectivity index (χ1n) is 10.3. The maximum atomic E-state index is 13.0. The van der Waals surface area contributed by atoms with Crippen LogP contribution in [0.3, 0.4) is 0 Å². The van der Waals surface area contributed by atoms with E-state index in [9.17, 15) is 9.90 Å². The molecule has 0 atom stereocenters. The van der Waals surface area contributed by atoms with Gasteiger partial charge >= 0.3 is 0 Å². The highest BCUT2D eigenvalue weighted by atomic mass is 32.2. The third-order valence-corrected chi connectivity index (χ3v) is 6.48. The van der Waals surface area contributed by atoms with Gasteiger partial charge in [-0.3, -0.25) is 9.80 Å². The summed E-state index contributed by atoms with van der Waals surface area (Å²) in [7, 11) is 0. The van der Waals surface area contributed by atoms with Crippen molar-refractivity contribution in [2.24, 2.45) is 0 Å². The fourth-order valence-electron chi connectivity index (χ4n) is 3.85. The van der Waals surface area contributed by atoms with E-state index in [4.69, 9.17) is 0 Å². The number of thioether (sulfide) groups is 1. The van der Waals surface area contributed by atoms with Crippen molar-refractivity contribution in [1.82, 2.24) is 10.0 Å². The van der Waals surface area contributed by atoms with Crippen molar-refractivity contribution in [2.45, 2.75) is 71.6 Å². The van der Waals surface area contributed by atoms with E-state index >= 15 is 0 Å². The molecule has 1 N–H and O–H groups in total. The zero-order valence-corrected chi connectivity index (χ0v) is 18.9. The predicted octanol–water partition coefficient (Wildman–Crippen LogP) is 5.26. The first-order valence-corrected chi connectivity index (χ1v) is 11.3. The van der Waals surface area contributed by atoms with Gasteiger partial charge in [0.15, 0.2) is 0 Å². The zero-order chi connectivity index (χ0) is 20.7. The van der Waals surface area contributed by atoms with Crippen LogP contribution in [0.1, 0.15) is 77.5 Å². The number of carbonyl (C=O) groups is 1. The van der Waals surface area contributed by atoms with E-state index in [-0.39, 0.29) is 16.7 Å². The van der Waals surface area contributed by atoms with Crippen LogP contribution in [0, 0.1) is 0 Å². The van der Waals surface area contributed by atoms with Gasteiger partial charge in [0.25, 0.3) is 5.91 Å². The molecule has 2 fully saturated rings. The number of phenols is 1. The van der Waals surface area contributed by atoms with E-state index in [2.05, 4.69) is 46.6 Å². The number of amides is 1. The maximum Gasteiger partial charge on any atom is 0.275 e. The largest absolute Gasteiger partial charge is 0.507 e. The van der Waals surface area contributed by atoms with Gasteiger partial charge in [-0.15, -0.1) is 0 Å². The normalized spacial score (nSPS) is 21.0. The fourth-order valence-corrected chi connectivity index (χ4v) is 4.84. The van der Waals surface area contributed by atoms with Gasteiger partial charge in [-0.05, 0) is 47.4 Å². The lowest BCUT2D eigenvalue weighted by molar-refractivity contribution is -0.141. The first kappa shape index (κ1) is 21.3. The molecule has 1 amide bonds. The molecule has 0 aliphatic carbocycles. The topological polar surface area (TPSA) is 43.8 Å². The van der Waals surface area contributed by atoms with E-state index in [0.717, 1.165) is 47.5 Å². The smallest absolute Gasteiger partial charge is 0.275 e. The average Bonchev–Trinajstić information content (AvgIpc) is 2.95. The molecule has 1 aromatic rings. The number of benzene rings is 1. The molecule has 28 heavy (non-hydrogen) atoms. The quantitative estimate of drug-likeness (QED) is 0.685. The van der Waals surface area contributed by atoms with Crippen molar-refractivity contribution in [3.05, 3.63) is 33.7 Å². The number of aromatic hydroxyl groups is 1. The molecule has 5 heteroatoms. The number of hydrogen-bond donors (Lipinski definition) is 1. The zero-order valence-electron chi connectivity index (χ0n) is 18.1. The van der Waals surface area contributed by atoms with Crippen LogP contribution in [-0.2, 0) is 15.6 Å². The summed E-state index contributed by atoms with van der Waals surface area (Å²) < 4.78 is 0. The number of nitrogens with zero attached hydrogens (tertiary/aromatic N) is 2. The van der Waals surface area contributed by atoms with Gasteiger partial charge < -0.3 is 5.11 Å². The highest BCUT2D eigenvalue weighted by molar-refractivity contribution is 8.04. The van der Waals surface area contributed by atoms with E-state index in [1.165, 1.54) is 6.42 Å². The first-order chi connectivity index (χ1) is 13.0. The van der Waals surface area contributed by atoms with E-state index in [1.807, 2.05) is 23.2 Å². The third-order valence-electron chi connectivity index (χ3n) is 5.51. The molecule has 0 aromatic heterocycles. The summed E-state index contributed by atoms with van der Waals surface area (Å²) in [6.45, 7) is 14.6. The van der Waals surface area contributed by atoms with Crippen LogP contribution in [-0.4, -0.2) is 40.0 Å². The van der Waals surface area contributed by atoms with Crippen molar-refractivity contribution in [3.63, 3.8) is 0 Å². The molecule has 2 aliphatic rings. The highest BCUT2D eigenvalue weighted by Gasteiger charge is 2.32. The van der Waals surface area contributed by atoms with Crippen molar-refractivity contribution >= 4 is 23.7 Å². The molecule has 0 saturated carbocycles. The molecule has 4 nitrogen and oxygen atoms in total. The lowest BCUT2D eigenvalue weighted by Crippen LogP contribution is -2.46. The highest BCUT2D eigenvalue weighted by Crippen LogP contribution is 2.41. The molecule has 2 saturated heterocycles. The van der Waals surface area contributed by atoms with Crippen LogP contribution >= 0.6 is 11.8 Å². The third kappa shape index (κ3) is 4.41. The second-order valence-corrected chi connectivity index (χ2v) is 11.0. The molecule has 0 radical (unpaired) electrons. The summed E-state index contributed by atoms with van der Waals surface area (Å²) in [6.07, 6.45) is 5.58. The Morgan fingerprint density at radius 1 is 0.964 bits per heavy atom. The van der Waals surface area contributed by atoms with Gasteiger partial charge in [-0.1, -0.05) is 59.7 Å². The molecule has 1 aromatic carbocycles. The van der Waals surface area contributed by atoms with Gasteiger partial charge in [0.05, 0.1) is 10.8 Å². The summed E-state index contributed by atoms with van der Waals surface area (Å²) in [6, 6.07) is 4.07. The Kier molecular flexibility index (Phi) is 5.88. The number of hydrazine groups is 1. The number of rotatable bonds is 2. The van der Waals surface area contributed by atoms with Gasteiger partial charge in [-0.25, -0.2) is 5.01 Å². The standard InChI is InChI=1S/C23H34N2O2S/c1-22(2,3)17-12-16(13-18(20(17)26)23(4,5)6)14-19-21(27)25(15-28-19)24-10-8-7-9-11-24/h12-14,26H,7-11,15H2,1-6H3/b19-14-. The molecule has 2 heterocycles. The fraction of sp³-hybridized carbons (Fsp3) is 0.609. The van der Waals surface area contributed by atoms with Crippen LogP contribution in [0.4, 0.5) is 0 Å². The molecular formula is C23H34N2O2S. The molecular weight excluding hydrogens is 368 g/mol. The van der Waals surface area contributed by atoms with Crippen LogP contribution in [0.5, 0.6) is 5.75 Å². The molecule has 154 valence electrons. The van der Waals surface area contributed by atoms with Crippen molar-refractivity contribution in [2.75, 3.05) is 19.0 Å². The Bertz CT molecular complexity index is 746. The Labute approximate surface area is 174 Å². The molecule has 0 unspecified atom stereocenters. The maximum absolute atomic E-state index is 13.0.